The van der Waals surface area contributed by atoms with Gasteiger partial charge in [-0.25, -0.2) is 4.79 Å². The molecule has 0 fully saturated rings. The molecule has 5 nitrogen and oxygen atoms in total. The Morgan fingerprint density at radius 3 is 2.48 bits per heavy atom. The molecular weight excluding hydrogens is 318 g/mol. The standard InChI is InChI=1S/C20H29NO4/c1-6-15(4)25-18-10-8-7-9-16(18)11-12-19(22)21-17(13-14(2)3)20(23)24-5/h7-12,14-15,17H,6,13H2,1-5H3,(H,21,22)/b12-11+. The number of esters is 1. The second kappa shape index (κ2) is 10.5. The van der Waals surface area contributed by atoms with E-state index in [0.29, 0.717) is 6.42 Å². The fourth-order valence-corrected chi connectivity index (χ4v) is 2.24. The average molecular weight is 347 g/mol. The Hall–Kier alpha value is -2.30. The number of para-hydroxylation sites is 1. The first-order valence-electron chi connectivity index (χ1n) is 8.69. The number of amides is 1. The fraction of sp³-hybridized carbons (Fsp3) is 0.500. The van der Waals surface area contributed by atoms with E-state index in [2.05, 4.69) is 12.2 Å². The zero-order valence-corrected chi connectivity index (χ0v) is 15.7. The quantitative estimate of drug-likeness (QED) is 0.548. The maximum atomic E-state index is 12.2. The summed E-state index contributed by atoms with van der Waals surface area (Å²) in [7, 11) is 1.32. The van der Waals surface area contributed by atoms with Gasteiger partial charge in [-0.15, -0.1) is 0 Å². The number of benzene rings is 1. The number of methoxy groups -OCH3 is 1. The molecule has 1 aromatic rings. The molecule has 0 aliphatic rings. The molecule has 1 N–H and O–H groups in total. The zero-order valence-electron chi connectivity index (χ0n) is 15.7. The van der Waals surface area contributed by atoms with Crippen molar-refractivity contribution in [1.29, 1.82) is 0 Å². The van der Waals surface area contributed by atoms with Crippen molar-refractivity contribution < 1.29 is 19.1 Å². The molecule has 0 radical (unpaired) electrons. The van der Waals surface area contributed by atoms with E-state index in [1.807, 2.05) is 45.0 Å². The Morgan fingerprint density at radius 2 is 1.88 bits per heavy atom. The lowest BCUT2D eigenvalue weighted by Crippen LogP contribution is -2.41. The molecule has 5 heteroatoms. The first kappa shape index (κ1) is 20.7. The summed E-state index contributed by atoms with van der Waals surface area (Å²) in [6.45, 7) is 8.03. The van der Waals surface area contributed by atoms with Gasteiger partial charge in [0.2, 0.25) is 5.91 Å². The molecule has 0 aliphatic heterocycles. The van der Waals surface area contributed by atoms with Gasteiger partial charge < -0.3 is 14.8 Å². The molecule has 138 valence electrons. The molecule has 0 saturated carbocycles. The SMILES string of the molecule is CCC(C)Oc1ccccc1/C=C/C(=O)NC(CC(C)C)C(=O)OC. The van der Waals surface area contributed by atoms with Crippen molar-refractivity contribution in [2.75, 3.05) is 7.11 Å². The van der Waals surface area contributed by atoms with Crippen molar-refractivity contribution in [1.82, 2.24) is 5.32 Å². The molecule has 0 spiro atoms. The van der Waals surface area contributed by atoms with Crippen LogP contribution in [0.15, 0.2) is 30.3 Å². The summed E-state index contributed by atoms with van der Waals surface area (Å²) in [4.78, 5) is 24.0. The van der Waals surface area contributed by atoms with E-state index in [-0.39, 0.29) is 17.9 Å². The minimum atomic E-state index is -0.645. The Morgan fingerprint density at radius 1 is 1.20 bits per heavy atom. The zero-order chi connectivity index (χ0) is 18.8. The second-order valence-electron chi connectivity index (χ2n) is 6.42. The third-order valence-corrected chi connectivity index (χ3v) is 3.75. The van der Waals surface area contributed by atoms with Gasteiger partial charge in [-0.2, -0.15) is 0 Å². The van der Waals surface area contributed by atoms with Crippen molar-refractivity contribution in [3.63, 3.8) is 0 Å². The van der Waals surface area contributed by atoms with Gasteiger partial charge in [-0.1, -0.05) is 39.0 Å². The van der Waals surface area contributed by atoms with Crippen LogP contribution in [-0.4, -0.2) is 31.1 Å². The van der Waals surface area contributed by atoms with E-state index in [0.717, 1.165) is 17.7 Å². The molecule has 25 heavy (non-hydrogen) atoms. The van der Waals surface area contributed by atoms with Crippen molar-refractivity contribution >= 4 is 18.0 Å². The van der Waals surface area contributed by atoms with Gasteiger partial charge in [0.05, 0.1) is 13.2 Å². The van der Waals surface area contributed by atoms with Crippen LogP contribution in [0.1, 0.15) is 46.1 Å². The van der Waals surface area contributed by atoms with Crippen molar-refractivity contribution in [3.8, 4) is 5.75 Å². The highest BCUT2D eigenvalue weighted by molar-refractivity contribution is 5.94. The Kier molecular flexibility index (Phi) is 8.75. The monoisotopic (exact) mass is 347 g/mol. The van der Waals surface area contributed by atoms with E-state index in [4.69, 9.17) is 9.47 Å². The summed E-state index contributed by atoms with van der Waals surface area (Å²) in [6.07, 6.45) is 4.62. The van der Waals surface area contributed by atoms with E-state index < -0.39 is 12.0 Å². The maximum Gasteiger partial charge on any atom is 0.328 e. The van der Waals surface area contributed by atoms with Gasteiger partial charge in [-0.05, 0) is 37.8 Å². The Balaban J connectivity index is 2.80. The van der Waals surface area contributed by atoms with E-state index in [9.17, 15) is 9.59 Å². The van der Waals surface area contributed by atoms with Crippen LogP contribution in [-0.2, 0) is 14.3 Å². The molecule has 2 atom stereocenters. The number of carbonyl (C=O) groups excluding carboxylic acids is 2. The topological polar surface area (TPSA) is 64.6 Å². The lowest BCUT2D eigenvalue weighted by atomic mass is 10.0. The molecule has 1 amide bonds. The third kappa shape index (κ3) is 7.42. The van der Waals surface area contributed by atoms with Gasteiger partial charge in [0.1, 0.15) is 11.8 Å². The summed E-state index contributed by atoms with van der Waals surface area (Å²) in [5, 5.41) is 2.70. The number of carbonyl (C=O) groups is 2. The minimum absolute atomic E-state index is 0.0955. The molecule has 0 heterocycles. The molecule has 2 unspecified atom stereocenters. The van der Waals surface area contributed by atoms with Crippen LogP contribution in [0.2, 0.25) is 0 Å². The summed E-state index contributed by atoms with van der Waals surface area (Å²) < 4.78 is 10.6. The average Bonchev–Trinajstić information content (AvgIpc) is 2.59. The van der Waals surface area contributed by atoms with Crippen LogP contribution < -0.4 is 10.1 Å². The maximum absolute atomic E-state index is 12.2. The van der Waals surface area contributed by atoms with E-state index in [1.54, 1.807) is 6.08 Å². The number of ether oxygens (including phenoxy) is 2. The number of hydrogen-bond donors (Lipinski definition) is 1. The predicted octanol–water partition coefficient (Wildman–Crippen LogP) is 3.58. The van der Waals surface area contributed by atoms with E-state index >= 15 is 0 Å². The molecule has 0 bridgehead atoms. The van der Waals surface area contributed by atoms with Crippen molar-refractivity contribution in [2.45, 2.75) is 52.7 Å². The van der Waals surface area contributed by atoms with Gasteiger partial charge in [-0.3, -0.25) is 4.79 Å². The second-order valence-corrected chi connectivity index (χ2v) is 6.42. The van der Waals surface area contributed by atoms with Crippen molar-refractivity contribution in [2.24, 2.45) is 5.92 Å². The van der Waals surface area contributed by atoms with Crippen LogP contribution in [0, 0.1) is 5.92 Å². The van der Waals surface area contributed by atoms with Crippen LogP contribution in [0.4, 0.5) is 0 Å². The highest BCUT2D eigenvalue weighted by Gasteiger charge is 2.21. The molecule has 0 saturated heterocycles. The minimum Gasteiger partial charge on any atom is -0.490 e. The summed E-state index contributed by atoms with van der Waals surface area (Å²) in [5.41, 5.74) is 0.816. The van der Waals surface area contributed by atoms with Crippen molar-refractivity contribution in [3.05, 3.63) is 35.9 Å². The van der Waals surface area contributed by atoms with Crippen LogP contribution >= 0.6 is 0 Å². The lowest BCUT2D eigenvalue weighted by Gasteiger charge is -2.17. The van der Waals surface area contributed by atoms with Crippen LogP contribution in [0.5, 0.6) is 5.75 Å². The lowest BCUT2D eigenvalue weighted by molar-refractivity contribution is -0.145. The molecule has 1 aromatic carbocycles. The summed E-state index contributed by atoms with van der Waals surface area (Å²) in [6, 6.07) is 6.89. The van der Waals surface area contributed by atoms with Gasteiger partial charge in [0, 0.05) is 11.6 Å². The normalized spacial score (nSPS) is 13.5. The van der Waals surface area contributed by atoms with E-state index in [1.165, 1.54) is 13.2 Å². The van der Waals surface area contributed by atoms with Crippen LogP contribution in [0.25, 0.3) is 6.08 Å². The number of rotatable bonds is 9. The first-order chi connectivity index (χ1) is 11.9. The highest BCUT2D eigenvalue weighted by Crippen LogP contribution is 2.21. The fourth-order valence-electron chi connectivity index (χ4n) is 2.24. The molecule has 0 aromatic heterocycles. The Labute approximate surface area is 150 Å². The molecule has 0 aliphatic carbocycles. The third-order valence-electron chi connectivity index (χ3n) is 3.75. The number of nitrogens with one attached hydrogen (secondary N) is 1. The Bertz CT molecular complexity index is 595. The summed E-state index contributed by atoms with van der Waals surface area (Å²) >= 11 is 0. The number of hydrogen-bond acceptors (Lipinski definition) is 4. The predicted molar refractivity (Wildman–Crippen MR) is 99.3 cm³/mol. The summed E-state index contributed by atoms with van der Waals surface area (Å²) in [5.74, 6) is 0.219. The van der Waals surface area contributed by atoms with Crippen LogP contribution in [0.3, 0.4) is 0 Å². The highest BCUT2D eigenvalue weighted by atomic mass is 16.5. The smallest absolute Gasteiger partial charge is 0.328 e. The van der Waals surface area contributed by atoms with Gasteiger partial charge in [0.15, 0.2) is 0 Å². The first-order valence-corrected chi connectivity index (χ1v) is 8.69. The molecular formula is C20H29NO4. The largest absolute Gasteiger partial charge is 0.490 e. The van der Waals surface area contributed by atoms with Gasteiger partial charge in [0.25, 0.3) is 0 Å². The molecule has 1 rings (SSSR count). The van der Waals surface area contributed by atoms with Gasteiger partial charge >= 0.3 is 5.97 Å².